The molecule has 0 radical (unpaired) electrons. The van der Waals surface area contributed by atoms with Gasteiger partial charge in [0.2, 0.25) is 0 Å². The van der Waals surface area contributed by atoms with Crippen LogP contribution in [0.4, 0.5) is 0 Å². The van der Waals surface area contributed by atoms with Crippen molar-refractivity contribution in [3.63, 3.8) is 0 Å². The first-order valence-corrected chi connectivity index (χ1v) is 5.96. The summed E-state index contributed by atoms with van der Waals surface area (Å²) < 4.78 is 5.46. The van der Waals surface area contributed by atoms with E-state index in [0.717, 1.165) is 9.17 Å². The van der Waals surface area contributed by atoms with Crippen LogP contribution in [0.2, 0.25) is 0 Å². The molecule has 0 saturated heterocycles. The van der Waals surface area contributed by atoms with Gasteiger partial charge in [0.1, 0.15) is 17.2 Å². The topological polar surface area (TPSA) is 86.9 Å². The zero-order chi connectivity index (χ0) is 12.4. The fraction of sp³-hybridized carbons (Fsp3) is 0. The number of hydrogen-bond acceptors (Lipinski definition) is 5. The molecule has 2 aromatic rings. The van der Waals surface area contributed by atoms with Gasteiger partial charge in [-0.05, 0) is 39.6 Å². The van der Waals surface area contributed by atoms with E-state index < -0.39 is 5.97 Å². The molecular weight excluding hydrogens is 306 g/mol. The van der Waals surface area contributed by atoms with Crippen LogP contribution in [0.5, 0.6) is 0 Å². The second-order valence-electron chi connectivity index (χ2n) is 3.06. The van der Waals surface area contributed by atoms with E-state index in [0.29, 0.717) is 11.1 Å². The van der Waals surface area contributed by atoms with Gasteiger partial charge in [-0.15, -0.1) is 5.10 Å². The molecule has 0 fully saturated rings. The van der Waals surface area contributed by atoms with Crippen molar-refractivity contribution in [3.8, 4) is 6.07 Å². The van der Waals surface area contributed by atoms with Gasteiger partial charge >= 0.3 is 5.97 Å². The van der Waals surface area contributed by atoms with Crippen molar-refractivity contribution in [2.75, 3.05) is 0 Å². The number of benzene rings is 1. The summed E-state index contributed by atoms with van der Waals surface area (Å²) in [5, 5.41) is 21.4. The molecule has 0 atom stereocenters. The van der Waals surface area contributed by atoms with Crippen LogP contribution in [0.25, 0.3) is 16.3 Å². The van der Waals surface area contributed by atoms with Crippen molar-refractivity contribution in [2.24, 2.45) is 0 Å². The molecule has 0 unspecified atom stereocenters. The average Bonchev–Trinajstić information content (AvgIpc) is 2.78. The first kappa shape index (κ1) is 11.7. The summed E-state index contributed by atoms with van der Waals surface area (Å²) in [5.41, 5.74) is 0.816. The van der Waals surface area contributed by atoms with Crippen molar-refractivity contribution in [1.29, 1.82) is 5.26 Å². The summed E-state index contributed by atoms with van der Waals surface area (Å²) in [4.78, 5) is 10.7. The zero-order valence-electron chi connectivity index (χ0n) is 8.22. The Kier molecular flexibility index (Phi) is 3.17. The molecule has 84 valence electrons. The number of aliphatic carboxylic acids is 1. The Hall–Kier alpha value is -1.78. The third-order valence-electron chi connectivity index (χ3n) is 2.04. The zero-order valence-corrected chi connectivity index (χ0v) is 10.6. The lowest BCUT2D eigenvalue weighted by atomic mass is 10.1. The number of hydrogen-bond donors (Lipinski definition) is 1. The first-order valence-electron chi connectivity index (χ1n) is 4.39. The Balaban J connectivity index is 2.65. The van der Waals surface area contributed by atoms with Gasteiger partial charge in [0.25, 0.3) is 0 Å². The fourth-order valence-corrected chi connectivity index (χ4v) is 2.41. The van der Waals surface area contributed by atoms with Crippen molar-refractivity contribution in [1.82, 2.24) is 9.59 Å². The normalized spacial score (nSPS) is 11.4. The number of carboxylic acid groups (broad SMARTS) is 1. The second-order valence-corrected chi connectivity index (χ2v) is 4.67. The number of fused-ring (bicyclic) bond motifs is 1. The van der Waals surface area contributed by atoms with Gasteiger partial charge in [-0.25, -0.2) is 4.79 Å². The minimum absolute atomic E-state index is 0.332. The third-order valence-corrected chi connectivity index (χ3v) is 3.72. The molecule has 1 aromatic heterocycles. The Bertz CT molecular complexity index is 672. The molecule has 0 saturated carbocycles. The van der Waals surface area contributed by atoms with Crippen LogP contribution in [0, 0.1) is 11.3 Å². The maximum absolute atomic E-state index is 10.7. The summed E-state index contributed by atoms with van der Waals surface area (Å²) >= 11 is 4.55. The van der Waals surface area contributed by atoms with Gasteiger partial charge in [-0.2, -0.15) is 5.26 Å². The van der Waals surface area contributed by atoms with Crippen molar-refractivity contribution in [3.05, 3.63) is 27.7 Å². The summed E-state index contributed by atoms with van der Waals surface area (Å²) in [7, 11) is 0. The van der Waals surface area contributed by atoms with Crippen molar-refractivity contribution >= 4 is 49.7 Å². The maximum Gasteiger partial charge on any atom is 0.346 e. The number of nitriles is 1. The van der Waals surface area contributed by atoms with E-state index in [-0.39, 0.29) is 5.57 Å². The molecule has 17 heavy (non-hydrogen) atoms. The summed E-state index contributed by atoms with van der Waals surface area (Å²) in [6.07, 6.45) is 1.29. The van der Waals surface area contributed by atoms with Crippen LogP contribution in [0.3, 0.4) is 0 Å². The monoisotopic (exact) mass is 309 g/mol. The molecule has 1 N–H and O–H groups in total. The minimum Gasteiger partial charge on any atom is -0.477 e. The van der Waals surface area contributed by atoms with Crippen LogP contribution in [-0.2, 0) is 4.79 Å². The van der Waals surface area contributed by atoms with Crippen LogP contribution in [-0.4, -0.2) is 20.7 Å². The molecule has 0 aliphatic heterocycles. The fourth-order valence-electron chi connectivity index (χ4n) is 1.27. The molecule has 5 nitrogen and oxygen atoms in total. The Morgan fingerprint density at radius 2 is 2.35 bits per heavy atom. The Morgan fingerprint density at radius 1 is 1.59 bits per heavy atom. The maximum atomic E-state index is 10.7. The first-order chi connectivity index (χ1) is 8.13. The van der Waals surface area contributed by atoms with Crippen LogP contribution in [0.15, 0.2) is 22.2 Å². The van der Waals surface area contributed by atoms with E-state index in [2.05, 4.69) is 25.5 Å². The standard InChI is InChI=1S/C10H4BrN3O2S/c11-7-2-1-5(3-6(4-12)10(15)16)8-9(7)17-14-13-8/h1-3H,(H,15,16)/b6-3+. The summed E-state index contributed by atoms with van der Waals surface area (Å²) in [5.74, 6) is -1.26. The number of carboxylic acids is 1. The van der Waals surface area contributed by atoms with Gasteiger partial charge in [0.15, 0.2) is 0 Å². The van der Waals surface area contributed by atoms with Gasteiger partial charge in [-0.3, -0.25) is 0 Å². The molecule has 0 spiro atoms. The highest BCUT2D eigenvalue weighted by Crippen LogP contribution is 2.29. The Labute approximate surface area is 108 Å². The number of nitrogens with zero attached hydrogens (tertiary/aromatic N) is 3. The SMILES string of the molecule is N#C/C(=C\c1ccc(Br)c2snnc12)C(=O)O. The van der Waals surface area contributed by atoms with Crippen molar-refractivity contribution < 1.29 is 9.90 Å². The minimum atomic E-state index is -1.26. The van der Waals surface area contributed by atoms with E-state index in [1.54, 1.807) is 18.2 Å². The molecule has 2 rings (SSSR count). The Morgan fingerprint density at radius 3 is 3.00 bits per heavy atom. The molecule has 0 aliphatic carbocycles. The molecular formula is C10H4BrN3O2S. The lowest BCUT2D eigenvalue weighted by Gasteiger charge is -1.97. The van der Waals surface area contributed by atoms with Crippen LogP contribution >= 0.6 is 27.5 Å². The number of carbonyl (C=O) groups is 1. The average molecular weight is 310 g/mol. The van der Waals surface area contributed by atoms with E-state index in [1.807, 2.05) is 0 Å². The highest BCUT2D eigenvalue weighted by molar-refractivity contribution is 9.10. The van der Waals surface area contributed by atoms with Crippen LogP contribution < -0.4 is 0 Å². The quantitative estimate of drug-likeness (QED) is 0.680. The van der Waals surface area contributed by atoms with Crippen LogP contribution in [0.1, 0.15) is 5.56 Å². The van der Waals surface area contributed by atoms with E-state index in [9.17, 15) is 4.79 Å². The van der Waals surface area contributed by atoms with Gasteiger partial charge < -0.3 is 5.11 Å². The summed E-state index contributed by atoms with van der Waals surface area (Å²) in [6, 6.07) is 5.08. The smallest absolute Gasteiger partial charge is 0.346 e. The predicted octanol–water partition coefficient (Wildman–Crippen LogP) is 2.45. The highest BCUT2D eigenvalue weighted by atomic mass is 79.9. The number of rotatable bonds is 2. The second kappa shape index (κ2) is 4.61. The molecule has 1 aromatic carbocycles. The molecule has 7 heteroatoms. The number of halogens is 1. The predicted molar refractivity (Wildman–Crippen MR) is 66.3 cm³/mol. The molecule has 0 amide bonds. The van der Waals surface area contributed by atoms with Gasteiger partial charge in [0.05, 0.1) is 4.70 Å². The van der Waals surface area contributed by atoms with E-state index in [4.69, 9.17) is 10.4 Å². The summed E-state index contributed by atoms with van der Waals surface area (Å²) in [6.45, 7) is 0. The van der Waals surface area contributed by atoms with Crippen molar-refractivity contribution in [2.45, 2.75) is 0 Å². The third kappa shape index (κ3) is 2.18. The van der Waals surface area contributed by atoms with E-state index in [1.165, 1.54) is 17.6 Å². The number of aromatic nitrogens is 2. The lowest BCUT2D eigenvalue weighted by molar-refractivity contribution is -0.132. The van der Waals surface area contributed by atoms with Gasteiger partial charge in [0, 0.05) is 10.0 Å². The lowest BCUT2D eigenvalue weighted by Crippen LogP contribution is -1.97. The highest BCUT2D eigenvalue weighted by Gasteiger charge is 2.11. The largest absolute Gasteiger partial charge is 0.477 e. The molecule has 0 aliphatic rings. The van der Waals surface area contributed by atoms with E-state index >= 15 is 0 Å². The van der Waals surface area contributed by atoms with Gasteiger partial charge in [-0.1, -0.05) is 10.6 Å². The molecule has 0 bridgehead atoms. The molecule has 1 heterocycles.